The smallest absolute Gasteiger partial charge is 0.347 e. The molecule has 4 nitrogen and oxygen atoms in total. The van der Waals surface area contributed by atoms with Gasteiger partial charge in [-0.1, -0.05) is 31.2 Å². The standard InChI is InChI=1S/C19H16FNO3S/c1-2-16-17(19(22)23)25-18(21-16)13-4-3-5-15(10-13)24-11-12-6-8-14(20)9-7-12/h3-10H,2,11H2,1H3,(H,22,23). The van der Waals surface area contributed by atoms with Gasteiger partial charge in [-0.15, -0.1) is 11.3 Å². The number of thiazole rings is 1. The monoisotopic (exact) mass is 357 g/mol. The van der Waals surface area contributed by atoms with Crippen LogP contribution in [0.5, 0.6) is 5.75 Å². The second kappa shape index (κ2) is 7.44. The maximum absolute atomic E-state index is 12.9. The van der Waals surface area contributed by atoms with E-state index in [4.69, 9.17) is 4.74 Å². The van der Waals surface area contributed by atoms with Crippen molar-refractivity contribution in [3.63, 3.8) is 0 Å². The topological polar surface area (TPSA) is 59.4 Å². The van der Waals surface area contributed by atoms with E-state index in [0.717, 1.165) is 22.5 Å². The van der Waals surface area contributed by atoms with Crippen LogP contribution >= 0.6 is 11.3 Å². The Balaban J connectivity index is 1.79. The van der Waals surface area contributed by atoms with Crippen molar-refractivity contribution in [2.24, 2.45) is 0 Å². The molecule has 1 heterocycles. The molecule has 0 bridgehead atoms. The molecule has 0 fully saturated rings. The minimum Gasteiger partial charge on any atom is -0.489 e. The fraction of sp³-hybridized carbons (Fsp3) is 0.158. The van der Waals surface area contributed by atoms with Crippen LogP contribution in [0.3, 0.4) is 0 Å². The molecule has 25 heavy (non-hydrogen) atoms. The molecule has 0 aliphatic heterocycles. The number of rotatable bonds is 6. The van der Waals surface area contributed by atoms with Crippen molar-refractivity contribution < 1.29 is 19.0 Å². The molecule has 0 saturated carbocycles. The van der Waals surface area contributed by atoms with Gasteiger partial charge in [0, 0.05) is 5.56 Å². The summed E-state index contributed by atoms with van der Waals surface area (Å²) < 4.78 is 18.7. The summed E-state index contributed by atoms with van der Waals surface area (Å²) in [4.78, 5) is 16.0. The Morgan fingerprint density at radius 1 is 1.24 bits per heavy atom. The fourth-order valence-electron chi connectivity index (χ4n) is 2.35. The van der Waals surface area contributed by atoms with E-state index in [1.807, 2.05) is 31.2 Å². The Bertz CT molecular complexity index is 890. The van der Waals surface area contributed by atoms with E-state index < -0.39 is 5.97 Å². The van der Waals surface area contributed by atoms with E-state index in [1.165, 1.54) is 12.1 Å². The molecule has 0 saturated heterocycles. The van der Waals surface area contributed by atoms with Crippen molar-refractivity contribution in [1.29, 1.82) is 0 Å². The first-order valence-electron chi connectivity index (χ1n) is 7.77. The zero-order valence-electron chi connectivity index (χ0n) is 13.5. The highest BCUT2D eigenvalue weighted by atomic mass is 32.1. The van der Waals surface area contributed by atoms with Crippen molar-refractivity contribution in [3.8, 4) is 16.3 Å². The van der Waals surface area contributed by atoms with Gasteiger partial charge in [0.2, 0.25) is 0 Å². The van der Waals surface area contributed by atoms with E-state index in [2.05, 4.69) is 4.98 Å². The van der Waals surface area contributed by atoms with E-state index in [9.17, 15) is 14.3 Å². The van der Waals surface area contributed by atoms with Gasteiger partial charge in [0.05, 0.1) is 5.69 Å². The van der Waals surface area contributed by atoms with Crippen LogP contribution in [-0.4, -0.2) is 16.1 Å². The first-order chi connectivity index (χ1) is 12.1. The van der Waals surface area contributed by atoms with Crippen LogP contribution in [0.1, 0.15) is 27.9 Å². The molecule has 1 N–H and O–H groups in total. The fourth-order valence-corrected chi connectivity index (χ4v) is 3.34. The molecule has 0 spiro atoms. The summed E-state index contributed by atoms with van der Waals surface area (Å²) in [6.45, 7) is 2.20. The zero-order valence-corrected chi connectivity index (χ0v) is 14.3. The van der Waals surface area contributed by atoms with Gasteiger partial charge < -0.3 is 9.84 Å². The zero-order chi connectivity index (χ0) is 17.8. The van der Waals surface area contributed by atoms with E-state index >= 15 is 0 Å². The van der Waals surface area contributed by atoms with Crippen LogP contribution in [-0.2, 0) is 13.0 Å². The van der Waals surface area contributed by atoms with Crippen molar-refractivity contribution in [2.75, 3.05) is 0 Å². The number of aromatic carboxylic acids is 1. The van der Waals surface area contributed by atoms with Crippen LogP contribution in [0.4, 0.5) is 4.39 Å². The van der Waals surface area contributed by atoms with Gasteiger partial charge in [0.15, 0.2) is 0 Å². The average Bonchev–Trinajstić information content (AvgIpc) is 3.06. The molecule has 3 aromatic rings. The Morgan fingerprint density at radius 2 is 2.00 bits per heavy atom. The molecule has 0 atom stereocenters. The molecule has 0 aliphatic rings. The van der Waals surface area contributed by atoms with E-state index in [1.54, 1.807) is 12.1 Å². The molecular formula is C19H16FNO3S. The number of carbonyl (C=O) groups is 1. The second-order valence-electron chi connectivity index (χ2n) is 5.40. The second-order valence-corrected chi connectivity index (χ2v) is 6.40. The van der Waals surface area contributed by atoms with Gasteiger partial charge in [-0.05, 0) is 36.2 Å². The first kappa shape index (κ1) is 17.1. The third kappa shape index (κ3) is 4.03. The number of halogens is 1. The Morgan fingerprint density at radius 3 is 2.64 bits per heavy atom. The van der Waals surface area contributed by atoms with Crippen LogP contribution in [0.25, 0.3) is 10.6 Å². The molecule has 2 aromatic carbocycles. The largest absolute Gasteiger partial charge is 0.489 e. The molecule has 0 unspecified atom stereocenters. The lowest BCUT2D eigenvalue weighted by molar-refractivity contribution is 0.0701. The first-order valence-corrected chi connectivity index (χ1v) is 8.59. The number of aromatic nitrogens is 1. The van der Waals surface area contributed by atoms with Gasteiger partial charge in [-0.3, -0.25) is 0 Å². The maximum atomic E-state index is 12.9. The third-order valence-corrected chi connectivity index (χ3v) is 4.76. The summed E-state index contributed by atoms with van der Waals surface area (Å²) in [5.41, 5.74) is 2.26. The Labute approximate surface area is 148 Å². The summed E-state index contributed by atoms with van der Waals surface area (Å²) in [7, 11) is 0. The molecule has 1 aromatic heterocycles. The van der Waals surface area contributed by atoms with Crippen molar-refractivity contribution >= 4 is 17.3 Å². The van der Waals surface area contributed by atoms with Gasteiger partial charge >= 0.3 is 5.97 Å². The van der Waals surface area contributed by atoms with Crippen LogP contribution in [0.2, 0.25) is 0 Å². The number of aryl methyl sites for hydroxylation is 1. The highest BCUT2D eigenvalue weighted by Crippen LogP contribution is 2.30. The van der Waals surface area contributed by atoms with Gasteiger partial charge in [0.25, 0.3) is 0 Å². The van der Waals surface area contributed by atoms with Gasteiger partial charge in [-0.2, -0.15) is 0 Å². The molecule has 0 radical (unpaired) electrons. The summed E-state index contributed by atoms with van der Waals surface area (Å²) >= 11 is 1.16. The van der Waals surface area contributed by atoms with Crippen LogP contribution in [0, 0.1) is 5.82 Å². The molecule has 0 aliphatic carbocycles. The Kier molecular flexibility index (Phi) is 5.09. The third-order valence-electron chi connectivity index (χ3n) is 3.63. The normalized spacial score (nSPS) is 10.6. The lowest BCUT2D eigenvalue weighted by Gasteiger charge is -2.07. The number of carboxylic acids is 1. The number of benzene rings is 2. The lowest BCUT2D eigenvalue weighted by Crippen LogP contribution is -1.97. The van der Waals surface area contributed by atoms with Crippen molar-refractivity contribution in [3.05, 3.63) is 70.5 Å². The van der Waals surface area contributed by atoms with Crippen LogP contribution < -0.4 is 4.74 Å². The molecule has 3 rings (SSSR count). The quantitative estimate of drug-likeness (QED) is 0.689. The summed E-state index contributed by atoms with van der Waals surface area (Å²) in [5.74, 6) is -0.591. The van der Waals surface area contributed by atoms with Crippen LogP contribution in [0.15, 0.2) is 48.5 Å². The minimum atomic E-state index is -0.954. The highest BCUT2D eigenvalue weighted by molar-refractivity contribution is 7.17. The summed E-state index contributed by atoms with van der Waals surface area (Å²) in [6.07, 6.45) is 0.568. The predicted molar refractivity (Wildman–Crippen MR) is 94.6 cm³/mol. The Hall–Kier alpha value is -2.73. The van der Waals surface area contributed by atoms with Gasteiger partial charge in [-0.25, -0.2) is 14.2 Å². The summed E-state index contributed by atoms with van der Waals surface area (Å²) in [6, 6.07) is 13.5. The number of hydrogen-bond donors (Lipinski definition) is 1. The lowest BCUT2D eigenvalue weighted by atomic mass is 10.2. The minimum absolute atomic E-state index is 0.273. The number of carboxylic acid groups (broad SMARTS) is 1. The molecule has 128 valence electrons. The molecular weight excluding hydrogens is 341 g/mol. The highest BCUT2D eigenvalue weighted by Gasteiger charge is 2.17. The number of nitrogens with zero attached hydrogens (tertiary/aromatic N) is 1. The SMILES string of the molecule is CCc1nc(-c2cccc(OCc3ccc(F)cc3)c2)sc1C(=O)O. The van der Waals surface area contributed by atoms with Crippen molar-refractivity contribution in [2.45, 2.75) is 20.0 Å². The van der Waals surface area contributed by atoms with E-state index in [-0.39, 0.29) is 10.7 Å². The van der Waals surface area contributed by atoms with E-state index in [0.29, 0.717) is 29.5 Å². The summed E-state index contributed by atoms with van der Waals surface area (Å²) in [5, 5.41) is 9.91. The van der Waals surface area contributed by atoms with Gasteiger partial charge in [0.1, 0.15) is 28.1 Å². The average molecular weight is 357 g/mol. The molecule has 6 heteroatoms. The van der Waals surface area contributed by atoms with Crippen molar-refractivity contribution in [1.82, 2.24) is 4.98 Å². The predicted octanol–water partition coefficient (Wildman–Crippen LogP) is 4.79. The number of hydrogen-bond acceptors (Lipinski definition) is 4. The number of ether oxygens (including phenoxy) is 1. The maximum Gasteiger partial charge on any atom is 0.347 e. The molecule has 0 amide bonds.